The van der Waals surface area contributed by atoms with Gasteiger partial charge in [0.05, 0.1) is 0 Å². The van der Waals surface area contributed by atoms with Crippen molar-refractivity contribution < 1.29 is 9.53 Å². The van der Waals surface area contributed by atoms with Gasteiger partial charge in [-0.1, -0.05) is 30.3 Å². The molecule has 19 heavy (non-hydrogen) atoms. The summed E-state index contributed by atoms with van der Waals surface area (Å²) in [5, 5.41) is 3.09. The van der Waals surface area contributed by atoms with Crippen molar-refractivity contribution in [2.24, 2.45) is 0 Å². The molecule has 0 bridgehead atoms. The molecule has 0 aromatic heterocycles. The van der Waals surface area contributed by atoms with Gasteiger partial charge in [-0.3, -0.25) is 4.79 Å². The maximum absolute atomic E-state index is 12.3. The van der Waals surface area contributed by atoms with Crippen LogP contribution in [0.3, 0.4) is 0 Å². The van der Waals surface area contributed by atoms with E-state index in [1.807, 2.05) is 30.3 Å². The first-order valence-electron chi connectivity index (χ1n) is 6.77. The van der Waals surface area contributed by atoms with E-state index < -0.39 is 6.10 Å². The van der Waals surface area contributed by atoms with Crippen LogP contribution in [-0.2, 0) is 9.53 Å². The van der Waals surface area contributed by atoms with Crippen molar-refractivity contribution in [3.63, 3.8) is 0 Å². The molecule has 1 N–H and O–H groups in total. The minimum absolute atomic E-state index is 0.0472. The Labute approximate surface area is 114 Å². The molecule has 104 valence electrons. The normalized spacial score (nSPS) is 21.9. The van der Waals surface area contributed by atoms with Gasteiger partial charge in [-0.05, 0) is 32.0 Å². The third-order valence-electron chi connectivity index (χ3n) is 3.55. The zero-order chi connectivity index (χ0) is 13.7. The maximum Gasteiger partial charge on any atom is 0.254 e. The van der Waals surface area contributed by atoms with E-state index in [0.29, 0.717) is 0 Å². The SMILES string of the molecule is CO[C@H](C(=O)NC1CCCN(C)C1)c1ccccc1. The predicted molar refractivity (Wildman–Crippen MR) is 74.9 cm³/mol. The zero-order valence-corrected chi connectivity index (χ0v) is 11.6. The Hall–Kier alpha value is -1.39. The highest BCUT2D eigenvalue weighted by Gasteiger charge is 2.24. The number of benzene rings is 1. The number of hydrogen-bond donors (Lipinski definition) is 1. The van der Waals surface area contributed by atoms with E-state index in [1.54, 1.807) is 7.11 Å². The van der Waals surface area contributed by atoms with Gasteiger partial charge in [0.1, 0.15) is 0 Å². The summed E-state index contributed by atoms with van der Waals surface area (Å²) in [7, 11) is 3.66. The summed E-state index contributed by atoms with van der Waals surface area (Å²) in [4.78, 5) is 14.5. The highest BCUT2D eigenvalue weighted by Crippen LogP contribution is 2.17. The molecule has 0 spiro atoms. The molecule has 1 unspecified atom stereocenters. The van der Waals surface area contributed by atoms with Crippen LogP contribution in [0, 0.1) is 0 Å². The lowest BCUT2D eigenvalue weighted by Crippen LogP contribution is -2.47. The van der Waals surface area contributed by atoms with E-state index >= 15 is 0 Å². The highest BCUT2D eigenvalue weighted by atomic mass is 16.5. The summed E-state index contributed by atoms with van der Waals surface area (Å²) < 4.78 is 5.34. The lowest BCUT2D eigenvalue weighted by Gasteiger charge is -2.31. The molecule has 1 fully saturated rings. The summed E-state index contributed by atoms with van der Waals surface area (Å²) in [6, 6.07) is 9.84. The number of rotatable bonds is 4. The molecule has 1 aromatic rings. The number of nitrogens with zero attached hydrogens (tertiary/aromatic N) is 1. The smallest absolute Gasteiger partial charge is 0.254 e. The van der Waals surface area contributed by atoms with Gasteiger partial charge in [0, 0.05) is 19.7 Å². The second kappa shape index (κ2) is 6.68. The number of likely N-dealkylation sites (N-methyl/N-ethyl adjacent to an activating group) is 1. The molecule has 1 amide bonds. The van der Waals surface area contributed by atoms with E-state index in [9.17, 15) is 4.79 Å². The Balaban J connectivity index is 1.97. The fraction of sp³-hybridized carbons (Fsp3) is 0.533. The molecule has 1 heterocycles. The quantitative estimate of drug-likeness (QED) is 0.896. The van der Waals surface area contributed by atoms with Crippen molar-refractivity contribution >= 4 is 5.91 Å². The van der Waals surface area contributed by atoms with Gasteiger partial charge >= 0.3 is 0 Å². The van der Waals surface area contributed by atoms with Crippen molar-refractivity contribution in [1.29, 1.82) is 0 Å². The van der Waals surface area contributed by atoms with Crippen LogP contribution >= 0.6 is 0 Å². The molecule has 1 aliphatic rings. The average molecular weight is 262 g/mol. The molecule has 4 heteroatoms. The number of ether oxygens (including phenoxy) is 1. The van der Waals surface area contributed by atoms with E-state index in [-0.39, 0.29) is 11.9 Å². The van der Waals surface area contributed by atoms with Crippen LogP contribution in [0.1, 0.15) is 24.5 Å². The first-order chi connectivity index (χ1) is 9.20. The Kier molecular flexibility index (Phi) is 4.93. The number of likely N-dealkylation sites (tertiary alicyclic amines) is 1. The van der Waals surface area contributed by atoms with Crippen molar-refractivity contribution in [1.82, 2.24) is 10.2 Å². The minimum Gasteiger partial charge on any atom is -0.367 e. The molecule has 1 aliphatic heterocycles. The lowest BCUT2D eigenvalue weighted by atomic mass is 10.0. The van der Waals surface area contributed by atoms with Crippen molar-refractivity contribution in [3.05, 3.63) is 35.9 Å². The predicted octanol–water partition coefficient (Wildman–Crippen LogP) is 1.58. The molecular weight excluding hydrogens is 240 g/mol. The summed E-state index contributed by atoms with van der Waals surface area (Å²) in [6.07, 6.45) is 1.65. The van der Waals surface area contributed by atoms with Gasteiger partial charge in [-0.25, -0.2) is 0 Å². The Morgan fingerprint density at radius 3 is 2.79 bits per heavy atom. The van der Waals surface area contributed by atoms with E-state index in [0.717, 1.165) is 31.5 Å². The highest BCUT2D eigenvalue weighted by molar-refractivity contribution is 5.82. The van der Waals surface area contributed by atoms with Crippen LogP contribution in [0.2, 0.25) is 0 Å². The van der Waals surface area contributed by atoms with E-state index in [2.05, 4.69) is 17.3 Å². The van der Waals surface area contributed by atoms with Gasteiger partial charge in [-0.2, -0.15) is 0 Å². The Bertz CT molecular complexity index is 408. The van der Waals surface area contributed by atoms with Crippen LogP contribution in [0.15, 0.2) is 30.3 Å². The second-order valence-electron chi connectivity index (χ2n) is 5.14. The van der Waals surface area contributed by atoms with E-state index in [4.69, 9.17) is 4.74 Å². The van der Waals surface area contributed by atoms with Crippen LogP contribution < -0.4 is 5.32 Å². The summed E-state index contributed by atoms with van der Waals surface area (Å²) in [5.74, 6) is -0.0472. The maximum atomic E-state index is 12.3. The molecule has 0 saturated carbocycles. The van der Waals surface area contributed by atoms with Gasteiger partial charge in [0.2, 0.25) is 0 Å². The summed E-state index contributed by atoms with van der Waals surface area (Å²) >= 11 is 0. The van der Waals surface area contributed by atoms with Gasteiger partial charge in [0.25, 0.3) is 5.91 Å². The van der Waals surface area contributed by atoms with E-state index in [1.165, 1.54) is 0 Å². The fourth-order valence-corrected chi connectivity index (χ4v) is 2.58. The standard InChI is InChI=1S/C15H22N2O2/c1-17-10-6-9-13(11-17)16-15(18)14(19-2)12-7-4-3-5-8-12/h3-5,7-8,13-14H,6,9-11H2,1-2H3,(H,16,18)/t13?,14-/m0/s1. The molecule has 1 saturated heterocycles. The third-order valence-corrected chi connectivity index (χ3v) is 3.55. The second-order valence-corrected chi connectivity index (χ2v) is 5.14. The molecule has 1 aromatic carbocycles. The monoisotopic (exact) mass is 262 g/mol. The number of methoxy groups -OCH3 is 1. The number of amides is 1. The number of nitrogens with one attached hydrogen (secondary N) is 1. The number of carbonyl (C=O) groups excluding carboxylic acids is 1. The largest absolute Gasteiger partial charge is 0.367 e. The summed E-state index contributed by atoms with van der Waals surface area (Å²) in [5.41, 5.74) is 0.895. The van der Waals surface area contributed by atoms with Gasteiger partial charge in [0.15, 0.2) is 6.10 Å². The fourth-order valence-electron chi connectivity index (χ4n) is 2.58. The first kappa shape index (κ1) is 14.0. The molecular formula is C15H22N2O2. The Morgan fingerprint density at radius 1 is 1.42 bits per heavy atom. The first-order valence-corrected chi connectivity index (χ1v) is 6.77. The van der Waals surface area contributed by atoms with Crippen molar-refractivity contribution in [3.8, 4) is 0 Å². The number of piperidine rings is 1. The molecule has 2 rings (SSSR count). The van der Waals surface area contributed by atoms with Gasteiger partial charge in [-0.15, -0.1) is 0 Å². The van der Waals surface area contributed by atoms with Crippen LogP contribution in [0.4, 0.5) is 0 Å². The number of hydrogen-bond acceptors (Lipinski definition) is 3. The van der Waals surface area contributed by atoms with Crippen LogP contribution in [0.5, 0.6) is 0 Å². The zero-order valence-electron chi connectivity index (χ0n) is 11.6. The average Bonchev–Trinajstić information content (AvgIpc) is 2.41. The number of carbonyl (C=O) groups is 1. The third kappa shape index (κ3) is 3.78. The van der Waals surface area contributed by atoms with Crippen LogP contribution in [0.25, 0.3) is 0 Å². The van der Waals surface area contributed by atoms with Crippen LogP contribution in [-0.4, -0.2) is 44.1 Å². The molecule has 0 radical (unpaired) electrons. The van der Waals surface area contributed by atoms with Gasteiger partial charge < -0.3 is 15.0 Å². The molecule has 0 aliphatic carbocycles. The summed E-state index contributed by atoms with van der Waals surface area (Å²) in [6.45, 7) is 2.02. The Morgan fingerprint density at radius 2 is 2.16 bits per heavy atom. The molecule has 2 atom stereocenters. The minimum atomic E-state index is -0.520. The lowest BCUT2D eigenvalue weighted by molar-refractivity contribution is -0.132. The van der Waals surface area contributed by atoms with Crippen molar-refractivity contribution in [2.75, 3.05) is 27.2 Å². The van der Waals surface area contributed by atoms with Crippen molar-refractivity contribution in [2.45, 2.75) is 25.0 Å². The topological polar surface area (TPSA) is 41.6 Å². The molecule has 4 nitrogen and oxygen atoms in total.